The van der Waals surface area contributed by atoms with Crippen LogP contribution in [0.3, 0.4) is 0 Å². The summed E-state index contributed by atoms with van der Waals surface area (Å²) in [7, 11) is 0. The molecule has 5 nitrogen and oxygen atoms in total. The molecule has 0 bridgehead atoms. The van der Waals surface area contributed by atoms with Gasteiger partial charge in [-0.3, -0.25) is 0 Å². The Kier molecular flexibility index (Phi) is 19.5. The first-order chi connectivity index (χ1) is 3.64. The molecule has 0 aliphatic carbocycles. The van der Waals surface area contributed by atoms with Crippen LogP contribution in [0.5, 0.6) is 0 Å². The minimum atomic E-state index is -1.82. The van der Waals surface area contributed by atoms with E-state index in [0.717, 1.165) is 20.4 Å². The van der Waals surface area contributed by atoms with Crippen LogP contribution in [-0.4, -0.2) is 41.0 Å². The van der Waals surface area contributed by atoms with Gasteiger partial charge in [0.25, 0.3) is 0 Å². The van der Waals surface area contributed by atoms with Gasteiger partial charge in [-0.2, -0.15) is 0 Å². The van der Waals surface area contributed by atoms with Crippen LogP contribution >= 0.6 is 0 Å². The third-order valence-electron chi connectivity index (χ3n) is 0.183. The van der Waals surface area contributed by atoms with E-state index in [-0.39, 0.29) is 18.9 Å². The minimum absolute atomic E-state index is 0. The SMILES string of the molecule is O=C(O)C(=O)O.[LiH].[O]=[Ti]. The van der Waals surface area contributed by atoms with Gasteiger partial charge in [-0.25, -0.2) is 9.59 Å². The van der Waals surface area contributed by atoms with Crippen LogP contribution in [-0.2, 0) is 33.3 Å². The molecule has 0 rings (SSSR count). The van der Waals surface area contributed by atoms with E-state index < -0.39 is 11.9 Å². The summed E-state index contributed by atoms with van der Waals surface area (Å²) < 4.78 is 8.25. The summed E-state index contributed by atoms with van der Waals surface area (Å²) in [6.07, 6.45) is 0. The van der Waals surface area contributed by atoms with E-state index in [1.165, 1.54) is 0 Å². The van der Waals surface area contributed by atoms with Crippen LogP contribution in [0.1, 0.15) is 0 Å². The molecular formula is C2H3LiO5Ti. The Morgan fingerprint density at radius 3 is 1.11 bits per heavy atom. The molecular weight excluding hydrogens is 159 g/mol. The molecule has 0 saturated carbocycles. The summed E-state index contributed by atoms with van der Waals surface area (Å²) in [5.74, 6) is -3.65. The Balaban J connectivity index is -0.000000109. The van der Waals surface area contributed by atoms with Crippen molar-refractivity contribution < 1.29 is 43.5 Å². The van der Waals surface area contributed by atoms with Gasteiger partial charge >= 0.3 is 54.5 Å². The second-order valence-electron chi connectivity index (χ2n) is 0.610. The number of carboxylic acid groups (broad SMARTS) is 2. The van der Waals surface area contributed by atoms with Crippen LogP contribution in [0.15, 0.2) is 0 Å². The Labute approximate surface area is 74.3 Å². The first kappa shape index (κ1) is 16.0. The summed E-state index contributed by atoms with van der Waals surface area (Å²) in [4.78, 5) is 18.2. The van der Waals surface area contributed by atoms with Gasteiger partial charge in [0, 0.05) is 0 Å². The topological polar surface area (TPSA) is 91.7 Å². The molecule has 0 aromatic rings. The monoisotopic (exact) mass is 162 g/mol. The summed E-state index contributed by atoms with van der Waals surface area (Å²) in [5.41, 5.74) is 0. The van der Waals surface area contributed by atoms with Gasteiger partial charge < -0.3 is 10.2 Å². The van der Waals surface area contributed by atoms with Gasteiger partial charge in [-0.15, -0.1) is 0 Å². The second-order valence-corrected chi connectivity index (χ2v) is 0.610. The molecule has 2 N–H and O–H groups in total. The van der Waals surface area contributed by atoms with Gasteiger partial charge in [-0.1, -0.05) is 0 Å². The van der Waals surface area contributed by atoms with Crippen molar-refractivity contribution in [2.75, 3.05) is 0 Å². The van der Waals surface area contributed by atoms with Crippen molar-refractivity contribution in [3.8, 4) is 0 Å². The van der Waals surface area contributed by atoms with Crippen LogP contribution in [0.4, 0.5) is 0 Å². The molecule has 0 amide bonds. The van der Waals surface area contributed by atoms with E-state index in [0.29, 0.717) is 0 Å². The fraction of sp³-hybridized carbons (Fsp3) is 0. The van der Waals surface area contributed by atoms with Crippen molar-refractivity contribution >= 4 is 30.8 Å². The van der Waals surface area contributed by atoms with Crippen molar-refractivity contribution in [2.24, 2.45) is 0 Å². The molecule has 0 atom stereocenters. The quantitative estimate of drug-likeness (QED) is 0.330. The van der Waals surface area contributed by atoms with E-state index in [9.17, 15) is 0 Å². The molecule has 0 unspecified atom stereocenters. The molecule has 0 spiro atoms. The van der Waals surface area contributed by atoms with Gasteiger partial charge in [0.15, 0.2) is 0 Å². The average Bonchev–Trinajstić information content (AvgIpc) is 1.72. The first-order valence-electron chi connectivity index (χ1n) is 1.31. The third-order valence-corrected chi connectivity index (χ3v) is 0.183. The van der Waals surface area contributed by atoms with Crippen LogP contribution in [0.25, 0.3) is 0 Å². The number of aliphatic carboxylic acids is 2. The van der Waals surface area contributed by atoms with Gasteiger partial charge in [0.1, 0.15) is 0 Å². The molecule has 0 fully saturated rings. The van der Waals surface area contributed by atoms with Gasteiger partial charge in [-0.05, 0) is 0 Å². The van der Waals surface area contributed by atoms with E-state index >= 15 is 0 Å². The molecule has 0 saturated heterocycles. The van der Waals surface area contributed by atoms with E-state index in [4.69, 9.17) is 23.1 Å². The number of rotatable bonds is 0. The van der Waals surface area contributed by atoms with Gasteiger partial charge in [0.05, 0.1) is 0 Å². The molecule has 0 aromatic heterocycles. The number of hydrogen-bond acceptors (Lipinski definition) is 3. The predicted octanol–water partition coefficient (Wildman–Crippen LogP) is -1.61. The Morgan fingerprint density at radius 1 is 1.00 bits per heavy atom. The summed E-state index contributed by atoms with van der Waals surface area (Å²) in [6, 6.07) is 0. The van der Waals surface area contributed by atoms with Crippen LogP contribution in [0, 0.1) is 0 Å². The molecule has 46 valence electrons. The second kappa shape index (κ2) is 10.9. The first-order valence-corrected chi connectivity index (χ1v) is 1.95. The zero-order chi connectivity index (χ0) is 7.15. The predicted molar refractivity (Wildman–Crippen MR) is 23.1 cm³/mol. The fourth-order valence-corrected chi connectivity index (χ4v) is 0. The third kappa shape index (κ3) is 18.0. The van der Waals surface area contributed by atoms with E-state index in [2.05, 4.69) is 0 Å². The van der Waals surface area contributed by atoms with Crippen LogP contribution < -0.4 is 0 Å². The summed E-state index contributed by atoms with van der Waals surface area (Å²) in [6.45, 7) is 0. The Bertz CT molecular complexity index is 91.1. The molecule has 0 heterocycles. The van der Waals surface area contributed by atoms with E-state index in [1.807, 2.05) is 0 Å². The fourth-order valence-electron chi connectivity index (χ4n) is 0. The van der Waals surface area contributed by atoms with Crippen LogP contribution in [0.2, 0.25) is 0 Å². The molecule has 0 aromatic carbocycles. The van der Waals surface area contributed by atoms with E-state index in [1.54, 1.807) is 0 Å². The van der Waals surface area contributed by atoms with Crippen molar-refractivity contribution in [2.45, 2.75) is 0 Å². The average molecular weight is 162 g/mol. The Morgan fingerprint density at radius 2 is 1.11 bits per heavy atom. The molecule has 0 radical (unpaired) electrons. The maximum atomic E-state index is 9.10. The van der Waals surface area contributed by atoms with Gasteiger partial charge in [0.2, 0.25) is 0 Å². The van der Waals surface area contributed by atoms with Crippen molar-refractivity contribution in [3.05, 3.63) is 0 Å². The number of carbonyl (C=O) groups is 2. The molecule has 0 aliphatic heterocycles. The molecule has 7 heteroatoms. The number of hydrogen-bond donors (Lipinski definition) is 2. The van der Waals surface area contributed by atoms with Crippen molar-refractivity contribution in [1.29, 1.82) is 0 Å². The number of carboxylic acids is 2. The van der Waals surface area contributed by atoms with Crippen molar-refractivity contribution in [3.63, 3.8) is 0 Å². The zero-order valence-electron chi connectivity index (χ0n) is 3.62. The molecule has 9 heavy (non-hydrogen) atoms. The molecule has 0 aliphatic rings. The van der Waals surface area contributed by atoms with Crippen molar-refractivity contribution in [1.82, 2.24) is 0 Å². The summed E-state index contributed by atoms with van der Waals surface area (Å²) in [5, 5.41) is 14.8. The standard InChI is InChI=1S/C2H2O4.Li.O.Ti.H/c3-1(4)2(5)6;;;;/h(H,3,4)(H,5,6);;;;. The maximum absolute atomic E-state index is 9.10. The normalized spacial score (nSPS) is 5.22. The zero-order valence-corrected chi connectivity index (χ0v) is 5.18. The summed E-state index contributed by atoms with van der Waals surface area (Å²) >= 11 is 0.750. The Hall–Kier alpha value is 0.0517.